The Morgan fingerprint density at radius 1 is 0.800 bits per heavy atom. The first-order chi connectivity index (χ1) is 9.69. The Balaban J connectivity index is 2.04. The topological polar surface area (TPSA) is 52.6 Å². The summed E-state index contributed by atoms with van der Waals surface area (Å²) in [7, 11) is 0. The lowest BCUT2D eigenvalue weighted by Crippen LogP contribution is -2.32. The van der Waals surface area contributed by atoms with E-state index >= 15 is 0 Å². The predicted molar refractivity (Wildman–Crippen MR) is 74.9 cm³/mol. The minimum absolute atomic E-state index is 0.00465. The van der Waals surface area contributed by atoms with Crippen LogP contribution in [0.5, 0.6) is 0 Å². The molecule has 2 saturated carbocycles. The van der Waals surface area contributed by atoms with Gasteiger partial charge in [-0.15, -0.1) is 0 Å². The highest BCUT2D eigenvalue weighted by Gasteiger charge is 2.45. The molecule has 4 unspecified atom stereocenters. The van der Waals surface area contributed by atoms with E-state index in [0.717, 1.165) is 38.5 Å². The fraction of sp³-hybridized carbons (Fsp3) is 0.875. The molecule has 0 N–H and O–H groups in total. The van der Waals surface area contributed by atoms with Crippen molar-refractivity contribution in [2.24, 2.45) is 23.7 Å². The number of esters is 2. The minimum atomic E-state index is -0.0653. The van der Waals surface area contributed by atoms with E-state index in [1.54, 1.807) is 0 Å². The Kier molecular flexibility index (Phi) is 5.44. The molecular weight excluding hydrogens is 256 g/mol. The van der Waals surface area contributed by atoms with Crippen LogP contribution in [0.3, 0.4) is 0 Å². The maximum absolute atomic E-state index is 12.1. The van der Waals surface area contributed by atoms with Crippen molar-refractivity contribution in [1.82, 2.24) is 0 Å². The first-order valence-electron chi connectivity index (χ1n) is 8.02. The van der Waals surface area contributed by atoms with Gasteiger partial charge in [0, 0.05) is 0 Å². The van der Waals surface area contributed by atoms with Gasteiger partial charge in [0.05, 0.1) is 25.0 Å². The number of ether oxygens (including phenoxy) is 2. The molecule has 0 aliphatic heterocycles. The SMILES string of the molecule is CCOC(=O)C1CCCC1C1CCCC1C(=O)OCC. The summed E-state index contributed by atoms with van der Waals surface area (Å²) in [4.78, 5) is 24.2. The first-order valence-corrected chi connectivity index (χ1v) is 8.02. The molecule has 0 amide bonds. The Morgan fingerprint density at radius 3 is 1.55 bits per heavy atom. The fourth-order valence-corrected chi connectivity index (χ4v) is 4.09. The monoisotopic (exact) mass is 282 g/mol. The molecule has 4 heteroatoms. The lowest BCUT2D eigenvalue weighted by Gasteiger charge is -2.28. The van der Waals surface area contributed by atoms with E-state index in [-0.39, 0.29) is 23.8 Å². The summed E-state index contributed by atoms with van der Waals surface area (Å²) in [6.07, 6.45) is 6.06. The van der Waals surface area contributed by atoms with Gasteiger partial charge in [-0.1, -0.05) is 12.8 Å². The average Bonchev–Trinajstić information content (AvgIpc) is 3.07. The van der Waals surface area contributed by atoms with Crippen LogP contribution in [0, 0.1) is 23.7 Å². The molecule has 2 rings (SSSR count). The van der Waals surface area contributed by atoms with Crippen molar-refractivity contribution >= 4 is 11.9 Å². The van der Waals surface area contributed by atoms with E-state index < -0.39 is 0 Å². The van der Waals surface area contributed by atoms with Gasteiger partial charge in [-0.3, -0.25) is 9.59 Å². The van der Waals surface area contributed by atoms with E-state index in [2.05, 4.69) is 0 Å². The van der Waals surface area contributed by atoms with Crippen LogP contribution < -0.4 is 0 Å². The molecule has 0 saturated heterocycles. The van der Waals surface area contributed by atoms with Gasteiger partial charge in [-0.2, -0.15) is 0 Å². The maximum atomic E-state index is 12.1. The third kappa shape index (κ3) is 3.15. The number of hydrogen-bond acceptors (Lipinski definition) is 4. The fourth-order valence-electron chi connectivity index (χ4n) is 4.09. The zero-order chi connectivity index (χ0) is 14.5. The van der Waals surface area contributed by atoms with E-state index in [0.29, 0.717) is 25.0 Å². The molecule has 2 aliphatic rings. The normalized spacial score (nSPS) is 33.1. The van der Waals surface area contributed by atoms with Crippen LogP contribution in [-0.2, 0) is 19.1 Å². The van der Waals surface area contributed by atoms with Gasteiger partial charge in [0.15, 0.2) is 0 Å². The lowest BCUT2D eigenvalue weighted by molar-refractivity contribution is -0.154. The van der Waals surface area contributed by atoms with Gasteiger partial charge in [0.2, 0.25) is 0 Å². The van der Waals surface area contributed by atoms with Crippen LogP contribution in [-0.4, -0.2) is 25.2 Å². The molecule has 0 aromatic rings. The minimum Gasteiger partial charge on any atom is -0.466 e. The largest absolute Gasteiger partial charge is 0.466 e. The Hall–Kier alpha value is -1.06. The van der Waals surface area contributed by atoms with Crippen molar-refractivity contribution in [2.75, 3.05) is 13.2 Å². The van der Waals surface area contributed by atoms with Gasteiger partial charge in [0.25, 0.3) is 0 Å². The maximum Gasteiger partial charge on any atom is 0.309 e. The van der Waals surface area contributed by atoms with E-state index in [1.165, 1.54) is 0 Å². The van der Waals surface area contributed by atoms with E-state index in [1.807, 2.05) is 13.8 Å². The second-order valence-corrected chi connectivity index (χ2v) is 5.91. The highest BCUT2D eigenvalue weighted by molar-refractivity contribution is 5.75. The molecule has 0 spiro atoms. The second-order valence-electron chi connectivity index (χ2n) is 5.91. The Morgan fingerprint density at radius 2 is 1.20 bits per heavy atom. The highest BCUT2D eigenvalue weighted by Crippen LogP contribution is 2.47. The molecule has 2 aliphatic carbocycles. The molecule has 0 aromatic carbocycles. The quantitative estimate of drug-likeness (QED) is 0.727. The number of hydrogen-bond donors (Lipinski definition) is 0. The summed E-state index contributed by atoms with van der Waals surface area (Å²) in [5.74, 6) is 0.482. The van der Waals surface area contributed by atoms with Crippen molar-refractivity contribution in [2.45, 2.75) is 52.4 Å². The summed E-state index contributed by atoms with van der Waals surface area (Å²) in [6.45, 7) is 4.57. The summed E-state index contributed by atoms with van der Waals surface area (Å²) >= 11 is 0. The van der Waals surface area contributed by atoms with Crippen molar-refractivity contribution in [3.63, 3.8) is 0 Å². The molecule has 2 fully saturated rings. The van der Waals surface area contributed by atoms with Crippen LogP contribution >= 0.6 is 0 Å². The molecule has 20 heavy (non-hydrogen) atoms. The summed E-state index contributed by atoms with van der Waals surface area (Å²) < 4.78 is 10.4. The van der Waals surface area contributed by atoms with Crippen LogP contribution in [0.1, 0.15) is 52.4 Å². The van der Waals surface area contributed by atoms with Crippen molar-refractivity contribution < 1.29 is 19.1 Å². The molecular formula is C16H26O4. The molecule has 0 aromatic heterocycles. The Labute approximate surface area is 121 Å². The molecule has 4 nitrogen and oxygen atoms in total. The van der Waals surface area contributed by atoms with Crippen LogP contribution in [0.25, 0.3) is 0 Å². The summed E-state index contributed by atoms with van der Waals surface area (Å²) in [5.41, 5.74) is 0. The van der Waals surface area contributed by atoms with Gasteiger partial charge in [0.1, 0.15) is 0 Å². The number of carbonyl (C=O) groups is 2. The molecule has 0 bridgehead atoms. The number of rotatable bonds is 5. The van der Waals surface area contributed by atoms with Crippen LogP contribution in [0.2, 0.25) is 0 Å². The molecule has 0 radical (unpaired) electrons. The highest BCUT2D eigenvalue weighted by atomic mass is 16.5. The second kappa shape index (κ2) is 7.09. The number of carbonyl (C=O) groups excluding carboxylic acids is 2. The standard InChI is InChI=1S/C16H26O4/c1-3-19-15(17)13-9-5-7-11(13)12-8-6-10-14(12)16(18)20-4-2/h11-14H,3-10H2,1-2H3. The van der Waals surface area contributed by atoms with E-state index in [4.69, 9.17) is 9.47 Å². The van der Waals surface area contributed by atoms with Crippen LogP contribution in [0.15, 0.2) is 0 Å². The smallest absolute Gasteiger partial charge is 0.309 e. The van der Waals surface area contributed by atoms with Gasteiger partial charge in [-0.05, 0) is 51.4 Å². The molecule has 4 atom stereocenters. The average molecular weight is 282 g/mol. The van der Waals surface area contributed by atoms with Crippen molar-refractivity contribution in [3.05, 3.63) is 0 Å². The van der Waals surface area contributed by atoms with E-state index in [9.17, 15) is 9.59 Å². The third-order valence-electron chi connectivity index (χ3n) is 4.87. The van der Waals surface area contributed by atoms with Gasteiger partial charge in [-0.25, -0.2) is 0 Å². The van der Waals surface area contributed by atoms with Crippen molar-refractivity contribution in [1.29, 1.82) is 0 Å². The Bertz CT molecular complexity index is 318. The zero-order valence-corrected chi connectivity index (χ0v) is 12.6. The lowest BCUT2D eigenvalue weighted by atomic mass is 9.78. The van der Waals surface area contributed by atoms with Crippen molar-refractivity contribution in [3.8, 4) is 0 Å². The molecule has 0 heterocycles. The van der Waals surface area contributed by atoms with Crippen LogP contribution in [0.4, 0.5) is 0 Å². The van der Waals surface area contributed by atoms with Gasteiger partial charge < -0.3 is 9.47 Å². The third-order valence-corrected chi connectivity index (χ3v) is 4.87. The zero-order valence-electron chi connectivity index (χ0n) is 12.6. The predicted octanol–water partition coefficient (Wildman–Crippen LogP) is 2.95. The van der Waals surface area contributed by atoms with Gasteiger partial charge >= 0.3 is 11.9 Å². The summed E-state index contributed by atoms with van der Waals surface area (Å²) in [6, 6.07) is 0. The summed E-state index contributed by atoms with van der Waals surface area (Å²) in [5, 5.41) is 0. The first kappa shape index (κ1) is 15.3. The molecule has 114 valence electrons.